The Balaban J connectivity index is 1.27. The molecule has 9 nitrogen and oxygen atoms in total. The van der Waals surface area contributed by atoms with Gasteiger partial charge in [-0.2, -0.15) is 5.10 Å². The van der Waals surface area contributed by atoms with E-state index in [0.717, 1.165) is 67.1 Å². The molecule has 208 valence electrons. The van der Waals surface area contributed by atoms with Gasteiger partial charge in [-0.25, -0.2) is 9.97 Å². The molecule has 9 heteroatoms. The van der Waals surface area contributed by atoms with Crippen LogP contribution in [0.5, 0.6) is 0 Å². The summed E-state index contributed by atoms with van der Waals surface area (Å²) in [5, 5.41) is 19.9. The minimum absolute atomic E-state index is 0.115. The van der Waals surface area contributed by atoms with Gasteiger partial charge in [0.15, 0.2) is 0 Å². The second-order valence-electron chi connectivity index (χ2n) is 11.6. The summed E-state index contributed by atoms with van der Waals surface area (Å²) >= 11 is 0. The quantitative estimate of drug-likeness (QED) is 0.183. The zero-order valence-corrected chi connectivity index (χ0v) is 23.9. The van der Waals surface area contributed by atoms with E-state index in [1.807, 2.05) is 35.3 Å². The molecule has 0 aliphatic carbocycles. The van der Waals surface area contributed by atoms with Crippen LogP contribution in [0, 0.1) is 10.8 Å². The van der Waals surface area contributed by atoms with Gasteiger partial charge in [0.25, 0.3) is 0 Å². The highest BCUT2D eigenvalue weighted by Crippen LogP contribution is 2.30. The number of aromatic nitrogens is 5. The Morgan fingerprint density at radius 2 is 1.93 bits per heavy atom. The van der Waals surface area contributed by atoms with Crippen molar-refractivity contribution in [1.29, 1.82) is 5.41 Å². The van der Waals surface area contributed by atoms with Crippen molar-refractivity contribution in [2.75, 3.05) is 23.3 Å². The summed E-state index contributed by atoms with van der Waals surface area (Å²) in [4.78, 5) is 15.9. The first-order valence-electron chi connectivity index (χ1n) is 14.0. The summed E-state index contributed by atoms with van der Waals surface area (Å²) in [6, 6.07) is 14.6. The van der Waals surface area contributed by atoms with Crippen molar-refractivity contribution in [3.05, 3.63) is 67.3 Å². The summed E-state index contributed by atoms with van der Waals surface area (Å²) in [7, 11) is 0. The predicted molar refractivity (Wildman–Crippen MR) is 162 cm³/mol. The Bertz CT molecular complexity index is 1420. The van der Waals surface area contributed by atoms with Gasteiger partial charge in [0.1, 0.15) is 5.69 Å². The Morgan fingerprint density at radius 1 is 1.10 bits per heavy atom. The van der Waals surface area contributed by atoms with E-state index in [0.29, 0.717) is 17.8 Å². The molecule has 0 spiro atoms. The number of rotatable bonds is 8. The lowest BCUT2D eigenvalue weighted by molar-refractivity contribution is 0.415. The number of hydrogen-bond acceptors (Lipinski definition) is 7. The fraction of sp³-hybridized carbons (Fsp3) is 0.387. The molecule has 1 atom stereocenters. The van der Waals surface area contributed by atoms with Crippen molar-refractivity contribution in [1.82, 2.24) is 30.0 Å². The molecular weight excluding hydrogens is 498 g/mol. The van der Waals surface area contributed by atoms with Crippen LogP contribution in [0.4, 0.5) is 17.3 Å². The largest absolute Gasteiger partial charge is 0.369 e. The topological polar surface area (TPSA) is 108 Å². The van der Waals surface area contributed by atoms with Gasteiger partial charge in [0.05, 0.1) is 11.5 Å². The van der Waals surface area contributed by atoms with Crippen molar-refractivity contribution in [3.63, 3.8) is 0 Å². The molecule has 1 aliphatic rings. The molecule has 5 rings (SSSR count). The Kier molecular flexibility index (Phi) is 8.09. The first-order valence-corrected chi connectivity index (χ1v) is 14.0. The molecule has 1 aromatic carbocycles. The lowest BCUT2D eigenvalue weighted by Crippen LogP contribution is -2.48. The molecule has 3 aromatic heterocycles. The van der Waals surface area contributed by atoms with Gasteiger partial charge in [0.2, 0.25) is 5.95 Å². The molecule has 0 bridgehead atoms. The highest BCUT2D eigenvalue weighted by atomic mass is 15.3. The van der Waals surface area contributed by atoms with Crippen LogP contribution >= 0.6 is 0 Å². The van der Waals surface area contributed by atoms with Crippen LogP contribution in [-0.2, 0) is 6.54 Å². The summed E-state index contributed by atoms with van der Waals surface area (Å²) < 4.78 is 1.92. The molecule has 1 fully saturated rings. The zero-order valence-electron chi connectivity index (χ0n) is 23.9. The van der Waals surface area contributed by atoms with Crippen molar-refractivity contribution in [2.45, 2.75) is 59.5 Å². The van der Waals surface area contributed by atoms with Gasteiger partial charge in [-0.3, -0.25) is 15.1 Å². The highest BCUT2D eigenvalue weighted by molar-refractivity contribution is 5.80. The average Bonchev–Trinajstić information content (AvgIpc) is 3.38. The van der Waals surface area contributed by atoms with Crippen LogP contribution in [-0.4, -0.2) is 49.7 Å². The predicted octanol–water partition coefficient (Wildman–Crippen LogP) is 6.14. The maximum Gasteiger partial charge on any atom is 0.227 e. The van der Waals surface area contributed by atoms with E-state index in [9.17, 15) is 0 Å². The van der Waals surface area contributed by atoms with Gasteiger partial charge < -0.3 is 15.5 Å². The number of amidine groups is 1. The third-order valence-corrected chi connectivity index (χ3v) is 6.95. The van der Waals surface area contributed by atoms with E-state index >= 15 is 0 Å². The fourth-order valence-corrected chi connectivity index (χ4v) is 5.10. The highest BCUT2D eigenvalue weighted by Gasteiger charge is 2.22. The maximum atomic E-state index is 8.37. The zero-order chi connectivity index (χ0) is 28.1. The smallest absolute Gasteiger partial charge is 0.227 e. The van der Waals surface area contributed by atoms with Gasteiger partial charge >= 0.3 is 0 Å². The molecule has 40 heavy (non-hydrogen) atoms. The van der Waals surface area contributed by atoms with Gasteiger partial charge in [0, 0.05) is 79.4 Å². The van der Waals surface area contributed by atoms with Crippen molar-refractivity contribution >= 4 is 23.2 Å². The summed E-state index contributed by atoms with van der Waals surface area (Å²) in [6.07, 6.45) is 10.3. The number of aryl methyl sites for hydroxylation is 1. The Morgan fingerprint density at radius 3 is 2.65 bits per heavy atom. The fourth-order valence-electron chi connectivity index (χ4n) is 5.10. The second kappa shape index (κ2) is 11.9. The monoisotopic (exact) mass is 537 g/mol. The summed E-state index contributed by atoms with van der Waals surface area (Å²) in [6.45, 7) is 11.3. The van der Waals surface area contributed by atoms with E-state index in [-0.39, 0.29) is 5.41 Å². The molecular formula is C31H39N9. The lowest BCUT2D eigenvalue weighted by Gasteiger charge is -2.36. The number of piperidine rings is 1. The van der Waals surface area contributed by atoms with Crippen LogP contribution < -0.4 is 15.5 Å². The first-order chi connectivity index (χ1) is 19.3. The third-order valence-electron chi connectivity index (χ3n) is 6.95. The standard InChI is InChI=1S/C31H39N9/c1-5-40-21-26(29(38-40)22-8-6-15-33-19-22)27-14-16-34-30(37-27)36-23-10-12-25(13-11-23)39-17-7-9-24(20-39)35-28(32)18-31(2,3)4/h6,8,10-16,19,21,24H,5,7,9,17-18,20H2,1-4H3,(H2,32,35)(H,34,36,37)/t24-/m1/s1. The molecule has 3 N–H and O–H groups in total. The number of benzene rings is 1. The summed E-state index contributed by atoms with van der Waals surface area (Å²) in [5.41, 5.74) is 5.78. The van der Waals surface area contributed by atoms with Crippen LogP contribution in [0.15, 0.2) is 67.3 Å². The van der Waals surface area contributed by atoms with E-state index in [1.54, 1.807) is 12.4 Å². The molecule has 0 unspecified atom stereocenters. The van der Waals surface area contributed by atoms with Gasteiger partial charge in [-0.1, -0.05) is 20.8 Å². The molecule has 0 amide bonds. The maximum absolute atomic E-state index is 8.37. The van der Waals surface area contributed by atoms with E-state index < -0.39 is 0 Å². The lowest BCUT2D eigenvalue weighted by atomic mass is 9.91. The van der Waals surface area contributed by atoms with Crippen LogP contribution in [0.1, 0.15) is 47.0 Å². The molecule has 4 heterocycles. The number of anilines is 3. The summed E-state index contributed by atoms with van der Waals surface area (Å²) in [5.74, 6) is 1.17. The number of pyridine rings is 1. The number of nitrogens with zero attached hydrogens (tertiary/aromatic N) is 6. The Labute approximate surface area is 236 Å². The van der Waals surface area contributed by atoms with Crippen LogP contribution in [0.25, 0.3) is 22.5 Å². The minimum Gasteiger partial charge on any atom is -0.369 e. The van der Waals surface area contributed by atoms with Crippen LogP contribution in [0.2, 0.25) is 0 Å². The molecule has 0 saturated carbocycles. The number of nitrogens with one attached hydrogen (secondary N) is 3. The van der Waals surface area contributed by atoms with Crippen molar-refractivity contribution in [2.24, 2.45) is 5.41 Å². The third kappa shape index (κ3) is 6.83. The Hall–Kier alpha value is -4.27. The minimum atomic E-state index is 0.115. The van der Waals surface area contributed by atoms with Crippen molar-refractivity contribution in [3.8, 4) is 22.5 Å². The van der Waals surface area contributed by atoms with Gasteiger partial charge in [-0.15, -0.1) is 0 Å². The SMILES string of the molecule is CCn1cc(-c2ccnc(Nc3ccc(N4CCC[C@@H](NC(=N)CC(C)(C)C)C4)cc3)n2)c(-c2cccnc2)n1. The van der Waals surface area contributed by atoms with E-state index in [2.05, 4.69) is 77.5 Å². The average molecular weight is 538 g/mol. The molecule has 4 aromatic rings. The molecule has 1 aliphatic heterocycles. The van der Waals surface area contributed by atoms with E-state index in [1.165, 1.54) is 5.69 Å². The molecule has 0 radical (unpaired) electrons. The second-order valence-corrected chi connectivity index (χ2v) is 11.6. The number of hydrogen-bond donors (Lipinski definition) is 3. The normalized spacial score (nSPS) is 15.6. The first kappa shape index (κ1) is 27.3. The van der Waals surface area contributed by atoms with Crippen LogP contribution in [0.3, 0.4) is 0 Å². The van der Waals surface area contributed by atoms with E-state index in [4.69, 9.17) is 15.5 Å². The van der Waals surface area contributed by atoms with Gasteiger partial charge in [-0.05, 0) is 67.6 Å². The van der Waals surface area contributed by atoms with Crippen molar-refractivity contribution < 1.29 is 0 Å². The molecule has 1 saturated heterocycles.